The lowest BCUT2D eigenvalue weighted by Gasteiger charge is -2.28. The van der Waals surface area contributed by atoms with E-state index in [1.807, 2.05) is 0 Å². The van der Waals surface area contributed by atoms with E-state index < -0.39 is 9.84 Å². The van der Waals surface area contributed by atoms with Crippen molar-refractivity contribution in [1.82, 2.24) is 10.6 Å². The Morgan fingerprint density at radius 1 is 1.11 bits per heavy atom. The highest BCUT2D eigenvalue weighted by Gasteiger charge is 2.35. The first-order valence-electron chi connectivity index (χ1n) is 8.95. The van der Waals surface area contributed by atoms with Gasteiger partial charge >= 0.3 is 0 Å². The molecular formula is C20H20N2O4S. The second kappa shape index (κ2) is 6.58. The van der Waals surface area contributed by atoms with Gasteiger partial charge in [-0.25, -0.2) is 8.42 Å². The van der Waals surface area contributed by atoms with E-state index in [0.717, 1.165) is 19.4 Å². The van der Waals surface area contributed by atoms with Gasteiger partial charge in [-0.2, -0.15) is 0 Å². The zero-order chi connectivity index (χ0) is 19.2. The van der Waals surface area contributed by atoms with Crippen LogP contribution in [0.4, 0.5) is 0 Å². The summed E-state index contributed by atoms with van der Waals surface area (Å²) < 4.78 is 25.9. The zero-order valence-electron chi connectivity index (χ0n) is 14.9. The van der Waals surface area contributed by atoms with Crippen molar-refractivity contribution in [2.75, 3.05) is 6.54 Å². The maximum Gasteiger partial charge on any atom is 0.251 e. The summed E-state index contributed by atoms with van der Waals surface area (Å²) in [7, 11) is -3.84. The number of piperidine rings is 1. The molecule has 27 heavy (non-hydrogen) atoms. The molecule has 1 saturated heterocycles. The molecule has 2 N–H and O–H groups in total. The van der Waals surface area contributed by atoms with Crippen molar-refractivity contribution in [3.63, 3.8) is 0 Å². The molecule has 7 heteroatoms. The van der Waals surface area contributed by atoms with E-state index >= 15 is 0 Å². The molecule has 140 valence electrons. The Labute approximate surface area is 157 Å². The number of carbonyl (C=O) groups is 2. The largest absolute Gasteiger partial charge is 0.349 e. The molecule has 0 saturated carbocycles. The SMILES string of the molecule is CC1CC(NC(=O)c2ccc3c(c2)S(=O)(=O)c2ccccc2C3=O)CCN1. The van der Waals surface area contributed by atoms with E-state index in [1.54, 1.807) is 12.1 Å². The van der Waals surface area contributed by atoms with Crippen molar-refractivity contribution in [1.29, 1.82) is 0 Å². The lowest BCUT2D eigenvalue weighted by atomic mass is 9.99. The molecule has 2 aromatic carbocycles. The van der Waals surface area contributed by atoms with Crippen LogP contribution < -0.4 is 10.6 Å². The third-order valence-electron chi connectivity index (χ3n) is 5.16. The molecule has 2 unspecified atom stereocenters. The maximum atomic E-state index is 13.0. The monoisotopic (exact) mass is 384 g/mol. The maximum absolute atomic E-state index is 13.0. The first-order chi connectivity index (χ1) is 12.9. The minimum Gasteiger partial charge on any atom is -0.349 e. The molecule has 0 bridgehead atoms. The number of hydrogen-bond acceptors (Lipinski definition) is 5. The number of amides is 1. The Hall–Kier alpha value is -2.51. The number of sulfone groups is 1. The molecule has 2 aliphatic rings. The fourth-order valence-electron chi connectivity index (χ4n) is 3.76. The predicted octanol–water partition coefficient (Wildman–Crippen LogP) is 1.93. The van der Waals surface area contributed by atoms with Crippen LogP contribution in [-0.2, 0) is 9.84 Å². The summed E-state index contributed by atoms with van der Waals surface area (Å²) in [5.74, 6) is -0.659. The third kappa shape index (κ3) is 3.07. The topological polar surface area (TPSA) is 92.3 Å². The summed E-state index contributed by atoms with van der Waals surface area (Å²) in [5.41, 5.74) is 0.530. The van der Waals surface area contributed by atoms with E-state index in [1.165, 1.54) is 30.3 Å². The summed E-state index contributed by atoms with van der Waals surface area (Å²) in [4.78, 5) is 25.2. The summed E-state index contributed by atoms with van der Waals surface area (Å²) >= 11 is 0. The van der Waals surface area contributed by atoms with Gasteiger partial charge < -0.3 is 10.6 Å². The number of carbonyl (C=O) groups excluding carboxylic acids is 2. The first kappa shape index (κ1) is 17.9. The van der Waals surface area contributed by atoms with Gasteiger partial charge in [-0.1, -0.05) is 12.1 Å². The molecule has 1 amide bonds. The number of fused-ring (bicyclic) bond motifs is 2. The number of ketones is 1. The van der Waals surface area contributed by atoms with Gasteiger partial charge in [0.2, 0.25) is 9.84 Å². The van der Waals surface area contributed by atoms with Crippen molar-refractivity contribution in [3.8, 4) is 0 Å². The fraction of sp³-hybridized carbons (Fsp3) is 0.300. The van der Waals surface area contributed by atoms with Crippen molar-refractivity contribution < 1.29 is 18.0 Å². The van der Waals surface area contributed by atoms with Crippen LogP contribution in [-0.4, -0.2) is 38.7 Å². The molecule has 2 heterocycles. The molecule has 2 atom stereocenters. The second-order valence-electron chi connectivity index (χ2n) is 7.09. The molecule has 0 spiro atoms. The van der Waals surface area contributed by atoms with Crippen LogP contribution in [0.5, 0.6) is 0 Å². The average molecular weight is 384 g/mol. The lowest BCUT2D eigenvalue weighted by molar-refractivity contribution is 0.0924. The van der Waals surface area contributed by atoms with Gasteiger partial charge in [-0.15, -0.1) is 0 Å². The van der Waals surface area contributed by atoms with Crippen molar-refractivity contribution in [2.45, 2.75) is 41.6 Å². The fourth-order valence-corrected chi connectivity index (χ4v) is 5.43. The number of benzene rings is 2. The van der Waals surface area contributed by atoms with Crippen LogP contribution in [0.2, 0.25) is 0 Å². The smallest absolute Gasteiger partial charge is 0.251 e. The highest BCUT2D eigenvalue weighted by molar-refractivity contribution is 7.91. The summed E-state index contributed by atoms with van der Waals surface area (Å²) in [6.07, 6.45) is 1.64. The first-order valence-corrected chi connectivity index (χ1v) is 10.4. The molecule has 2 aliphatic heterocycles. The highest BCUT2D eigenvalue weighted by atomic mass is 32.2. The quantitative estimate of drug-likeness (QED) is 0.704. The molecular weight excluding hydrogens is 364 g/mol. The minimum absolute atomic E-state index is 0.00719. The Balaban J connectivity index is 1.68. The Morgan fingerprint density at radius 2 is 1.85 bits per heavy atom. The van der Waals surface area contributed by atoms with Crippen LogP contribution in [0.3, 0.4) is 0 Å². The van der Waals surface area contributed by atoms with Crippen LogP contribution in [0.15, 0.2) is 52.3 Å². The Morgan fingerprint density at radius 3 is 2.63 bits per heavy atom. The molecule has 0 aliphatic carbocycles. The van der Waals surface area contributed by atoms with E-state index in [4.69, 9.17) is 0 Å². The standard InChI is InChI=1S/C20H20N2O4S/c1-12-10-14(8-9-21-12)22-20(24)13-6-7-16-18(11-13)27(25,26)17-5-3-2-4-15(17)19(16)23/h2-7,11-12,14,21H,8-10H2,1H3,(H,22,24). The van der Waals surface area contributed by atoms with Crippen LogP contribution in [0, 0.1) is 0 Å². The molecule has 2 aromatic rings. The molecule has 4 rings (SSSR count). The predicted molar refractivity (Wildman–Crippen MR) is 99.7 cm³/mol. The minimum atomic E-state index is -3.84. The van der Waals surface area contributed by atoms with E-state index in [-0.39, 0.29) is 44.2 Å². The zero-order valence-corrected chi connectivity index (χ0v) is 15.7. The van der Waals surface area contributed by atoms with Gasteiger partial charge in [-0.05, 0) is 56.6 Å². The van der Waals surface area contributed by atoms with E-state index in [0.29, 0.717) is 6.04 Å². The van der Waals surface area contributed by atoms with Gasteiger partial charge in [0.25, 0.3) is 5.91 Å². The third-order valence-corrected chi connectivity index (χ3v) is 7.01. The highest BCUT2D eigenvalue weighted by Crippen LogP contribution is 2.34. The number of rotatable bonds is 2. The van der Waals surface area contributed by atoms with Gasteiger partial charge in [-0.3, -0.25) is 9.59 Å². The summed E-state index contributed by atoms with van der Waals surface area (Å²) in [5, 5.41) is 6.29. The Bertz CT molecular complexity index is 1050. The number of nitrogens with one attached hydrogen (secondary N) is 2. The van der Waals surface area contributed by atoms with Crippen molar-refractivity contribution >= 4 is 21.5 Å². The van der Waals surface area contributed by atoms with E-state index in [9.17, 15) is 18.0 Å². The van der Waals surface area contributed by atoms with Gasteiger partial charge in [0.1, 0.15) is 0 Å². The molecule has 0 aromatic heterocycles. The van der Waals surface area contributed by atoms with Gasteiger partial charge in [0.15, 0.2) is 5.78 Å². The Kier molecular flexibility index (Phi) is 4.36. The van der Waals surface area contributed by atoms with Crippen molar-refractivity contribution in [3.05, 3.63) is 59.2 Å². The number of hydrogen-bond donors (Lipinski definition) is 2. The van der Waals surface area contributed by atoms with E-state index in [2.05, 4.69) is 17.6 Å². The van der Waals surface area contributed by atoms with Crippen LogP contribution in [0.25, 0.3) is 0 Å². The normalized spacial score (nSPS) is 23.2. The van der Waals surface area contributed by atoms with Crippen molar-refractivity contribution in [2.24, 2.45) is 0 Å². The van der Waals surface area contributed by atoms with Crippen LogP contribution in [0.1, 0.15) is 46.0 Å². The van der Waals surface area contributed by atoms with Gasteiger partial charge in [0, 0.05) is 28.8 Å². The molecule has 6 nitrogen and oxygen atoms in total. The molecule has 1 fully saturated rings. The van der Waals surface area contributed by atoms with Gasteiger partial charge in [0.05, 0.1) is 9.79 Å². The molecule has 0 radical (unpaired) electrons. The second-order valence-corrected chi connectivity index (χ2v) is 8.98. The summed E-state index contributed by atoms with van der Waals surface area (Å²) in [6.45, 7) is 2.89. The van der Waals surface area contributed by atoms with Crippen LogP contribution >= 0.6 is 0 Å². The average Bonchev–Trinajstić information content (AvgIpc) is 2.66. The lowest BCUT2D eigenvalue weighted by Crippen LogP contribution is -2.46. The summed E-state index contributed by atoms with van der Waals surface area (Å²) in [6, 6.07) is 10.8.